The molecule has 0 amide bonds. The van der Waals surface area contributed by atoms with Gasteiger partial charge in [0.15, 0.2) is 0 Å². The first kappa shape index (κ1) is 27.5. The first-order valence-corrected chi connectivity index (χ1v) is 12.8. The van der Waals surface area contributed by atoms with Crippen molar-refractivity contribution in [2.45, 2.75) is 38.0 Å². The Morgan fingerprint density at radius 2 is 1.77 bits per heavy atom. The normalized spacial score (nSPS) is 18.0. The fourth-order valence-electron chi connectivity index (χ4n) is 5.03. The summed E-state index contributed by atoms with van der Waals surface area (Å²) >= 11 is 0. The number of piperidine rings is 1. The van der Waals surface area contributed by atoms with Crippen molar-refractivity contribution in [1.82, 2.24) is 20.2 Å². The average Bonchev–Trinajstić information content (AvgIpc) is 3.62. The van der Waals surface area contributed by atoms with Gasteiger partial charge in [-0.2, -0.15) is 18.2 Å². The zero-order valence-corrected chi connectivity index (χ0v) is 21.6. The number of halogens is 3. The van der Waals surface area contributed by atoms with Crippen LogP contribution in [0, 0.1) is 5.92 Å². The van der Waals surface area contributed by atoms with Crippen LogP contribution in [0.1, 0.15) is 37.3 Å². The van der Waals surface area contributed by atoms with E-state index in [0.717, 1.165) is 6.42 Å². The van der Waals surface area contributed by atoms with Crippen LogP contribution in [-0.2, 0) is 16.6 Å². The van der Waals surface area contributed by atoms with E-state index in [4.69, 9.17) is 9.05 Å². The van der Waals surface area contributed by atoms with Gasteiger partial charge in [0.2, 0.25) is 11.6 Å². The van der Waals surface area contributed by atoms with Gasteiger partial charge in [-0.1, -0.05) is 71.8 Å². The highest BCUT2D eigenvalue weighted by molar-refractivity contribution is 5.71. The van der Waals surface area contributed by atoms with Crippen molar-refractivity contribution in [2.75, 3.05) is 19.6 Å². The number of benzene rings is 2. The molecule has 0 spiro atoms. The summed E-state index contributed by atoms with van der Waals surface area (Å²) in [7, 11) is 0. The standard InChI is InChI=1S/C28H27F3N4O5/c1-2-27(38,16-35-14-6-9-19(15-35)26(36)37)20-12-10-18(11-13-20)24-32-25(40-34-24)23-21(28(29,30)31)22(33-39-23)17-7-4-3-5-8-17/h3-5,7-8,10-13,19,38H,2,6,9,14-16H2,1H3,(H,36,37). The number of alkyl halides is 3. The second kappa shape index (κ2) is 10.9. The molecule has 2 unspecified atom stereocenters. The number of aliphatic hydroxyl groups is 1. The Hall–Kier alpha value is -4.03. The van der Waals surface area contributed by atoms with Gasteiger partial charge in [0, 0.05) is 24.2 Å². The minimum absolute atomic E-state index is 0.0349. The van der Waals surface area contributed by atoms with Crippen LogP contribution >= 0.6 is 0 Å². The van der Waals surface area contributed by atoms with E-state index < -0.39 is 40.9 Å². The quantitative estimate of drug-likeness (QED) is 0.290. The Kier molecular flexibility index (Phi) is 7.47. The summed E-state index contributed by atoms with van der Waals surface area (Å²) in [6.45, 7) is 3.18. The van der Waals surface area contributed by atoms with Gasteiger partial charge in [-0.25, -0.2) is 0 Å². The summed E-state index contributed by atoms with van der Waals surface area (Å²) < 4.78 is 52.2. The maximum Gasteiger partial charge on any atom is 0.422 e. The second-order valence-corrected chi connectivity index (χ2v) is 9.90. The molecule has 2 aromatic heterocycles. The molecule has 0 bridgehead atoms. The molecule has 0 aliphatic carbocycles. The van der Waals surface area contributed by atoms with Crippen LogP contribution in [0.15, 0.2) is 63.6 Å². The number of rotatable bonds is 8. The number of likely N-dealkylation sites (tertiary alicyclic amines) is 1. The van der Waals surface area contributed by atoms with Crippen molar-refractivity contribution >= 4 is 5.97 Å². The summed E-state index contributed by atoms with van der Waals surface area (Å²) in [4.78, 5) is 17.5. The lowest BCUT2D eigenvalue weighted by atomic mass is 9.88. The van der Waals surface area contributed by atoms with Gasteiger partial charge >= 0.3 is 12.1 Å². The van der Waals surface area contributed by atoms with Crippen molar-refractivity contribution in [3.8, 4) is 34.3 Å². The van der Waals surface area contributed by atoms with Crippen LogP contribution in [0.4, 0.5) is 13.2 Å². The Bertz CT molecular complexity index is 1470. The van der Waals surface area contributed by atoms with Crippen molar-refractivity contribution in [3.63, 3.8) is 0 Å². The van der Waals surface area contributed by atoms with Crippen molar-refractivity contribution in [3.05, 3.63) is 65.7 Å². The van der Waals surface area contributed by atoms with Crippen LogP contribution < -0.4 is 0 Å². The number of hydrogen-bond acceptors (Lipinski definition) is 8. The first-order chi connectivity index (χ1) is 19.1. The lowest BCUT2D eigenvalue weighted by Gasteiger charge is -2.37. The molecule has 2 N–H and O–H groups in total. The van der Waals surface area contributed by atoms with Crippen molar-refractivity contribution in [2.24, 2.45) is 5.92 Å². The number of carbonyl (C=O) groups is 1. The smallest absolute Gasteiger partial charge is 0.422 e. The fourth-order valence-corrected chi connectivity index (χ4v) is 5.03. The van der Waals surface area contributed by atoms with E-state index in [-0.39, 0.29) is 23.6 Å². The van der Waals surface area contributed by atoms with E-state index in [2.05, 4.69) is 15.3 Å². The van der Waals surface area contributed by atoms with Crippen molar-refractivity contribution in [1.29, 1.82) is 0 Å². The maximum atomic E-state index is 14.0. The molecule has 2 aromatic carbocycles. The highest BCUT2D eigenvalue weighted by Gasteiger charge is 2.43. The monoisotopic (exact) mass is 556 g/mol. The van der Waals surface area contributed by atoms with Gasteiger partial charge in [0.05, 0.1) is 5.92 Å². The molecule has 9 nitrogen and oxygen atoms in total. The summed E-state index contributed by atoms with van der Waals surface area (Å²) in [5, 5.41) is 28.3. The van der Waals surface area contributed by atoms with Gasteiger partial charge in [0.25, 0.3) is 5.89 Å². The van der Waals surface area contributed by atoms with Gasteiger partial charge in [0.1, 0.15) is 16.9 Å². The molecule has 0 radical (unpaired) electrons. The molecule has 2 atom stereocenters. The average molecular weight is 557 g/mol. The molecule has 40 heavy (non-hydrogen) atoms. The molecule has 1 aliphatic rings. The van der Waals surface area contributed by atoms with Crippen LogP contribution in [0.25, 0.3) is 34.3 Å². The predicted octanol–water partition coefficient (Wildman–Crippen LogP) is 5.47. The van der Waals surface area contributed by atoms with E-state index in [0.29, 0.717) is 37.1 Å². The molecule has 210 valence electrons. The van der Waals surface area contributed by atoms with Gasteiger partial charge < -0.3 is 19.3 Å². The van der Waals surface area contributed by atoms with E-state index in [9.17, 15) is 28.2 Å². The van der Waals surface area contributed by atoms with Gasteiger partial charge in [-0.15, -0.1) is 0 Å². The zero-order chi connectivity index (χ0) is 28.5. The highest BCUT2D eigenvalue weighted by Crippen LogP contribution is 2.43. The second-order valence-electron chi connectivity index (χ2n) is 9.90. The van der Waals surface area contributed by atoms with E-state index in [1.165, 1.54) is 12.1 Å². The number of aromatic nitrogens is 3. The first-order valence-electron chi connectivity index (χ1n) is 12.8. The molecular weight excluding hydrogens is 529 g/mol. The van der Waals surface area contributed by atoms with Crippen molar-refractivity contribution < 1.29 is 37.2 Å². The molecule has 0 saturated carbocycles. The van der Waals surface area contributed by atoms with Gasteiger partial charge in [-0.05, 0) is 31.4 Å². The summed E-state index contributed by atoms with van der Waals surface area (Å²) in [6.07, 6.45) is -3.05. The molecule has 1 fully saturated rings. The molecule has 3 heterocycles. The summed E-state index contributed by atoms with van der Waals surface area (Å²) in [5.74, 6) is -2.41. The van der Waals surface area contributed by atoms with Crippen LogP contribution in [-0.4, -0.2) is 56.0 Å². The molecule has 12 heteroatoms. The number of hydrogen-bond donors (Lipinski definition) is 2. The summed E-state index contributed by atoms with van der Waals surface area (Å²) in [5.41, 5.74) is -1.42. The Morgan fingerprint density at radius 1 is 1.05 bits per heavy atom. The topological polar surface area (TPSA) is 126 Å². The number of carboxylic acids is 1. The van der Waals surface area contributed by atoms with Crippen LogP contribution in [0.2, 0.25) is 0 Å². The van der Waals surface area contributed by atoms with Crippen LogP contribution in [0.3, 0.4) is 0 Å². The lowest BCUT2D eigenvalue weighted by Crippen LogP contribution is -2.46. The number of β-amino-alcohol motifs (C(OH)–C–C–N with tert-alkyl or cyclic N) is 1. The minimum Gasteiger partial charge on any atom is -0.481 e. The Balaban J connectivity index is 1.38. The lowest BCUT2D eigenvalue weighted by molar-refractivity contribution is -0.144. The SMILES string of the molecule is CCC(O)(CN1CCCC(C(=O)O)C1)c1ccc(-c2noc(-c3onc(-c4ccccc4)c3C(F)(F)F)n2)cc1. The van der Waals surface area contributed by atoms with E-state index in [1.54, 1.807) is 42.5 Å². The molecule has 1 aliphatic heterocycles. The van der Waals surface area contributed by atoms with E-state index >= 15 is 0 Å². The number of carboxylic acid groups (broad SMARTS) is 1. The predicted molar refractivity (Wildman–Crippen MR) is 137 cm³/mol. The van der Waals surface area contributed by atoms with Gasteiger partial charge in [-0.3, -0.25) is 9.69 Å². The third-order valence-electron chi connectivity index (χ3n) is 7.25. The third kappa shape index (κ3) is 5.50. The third-order valence-corrected chi connectivity index (χ3v) is 7.25. The Morgan fingerprint density at radius 3 is 2.42 bits per heavy atom. The number of nitrogens with zero attached hydrogens (tertiary/aromatic N) is 4. The zero-order valence-electron chi connectivity index (χ0n) is 21.6. The minimum atomic E-state index is -4.79. The maximum absolute atomic E-state index is 14.0. The largest absolute Gasteiger partial charge is 0.481 e. The molecule has 1 saturated heterocycles. The van der Waals surface area contributed by atoms with E-state index in [1.807, 2.05) is 11.8 Å². The molecular formula is C28H27F3N4O5. The molecule has 5 rings (SSSR count). The molecule has 4 aromatic rings. The summed E-state index contributed by atoms with van der Waals surface area (Å²) in [6, 6.07) is 14.5. The number of aliphatic carboxylic acids is 1. The fraction of sp³-hybridized carbons (Fsp3) is 0.357. The Labute approximate surface area is 227 Å². The highest BCUT2D eigenvalue weighted by atomic mass is 19.4. The van der Waals surface area contributed by atoms with Crippen LogP contribution in [0.5, 0.6) is 0 Å².